The van der Waals surface area contributed by atoms with Gasteiger partial charge in [-0.2, -0.15) is 0 Å². The summed E-state index contributed by atoms with van der Waals surface area (Å²) in [6.45, 7) is 10.9. The second-order valence-electron chi connectivity index (χ2n) is 15.1. The summed E-state index contributed by atoms with van der Waals surface area (Å²) in [6.07, 6.45) is 13.1. The lowest BCUT2D eigenvalue weighted by Crippen LogP contribution is -2.53. The molecule has 2 amide bonds. The van der Waals surface area contributed by atoms with Crippen LogP contribution in [0.1, 0.15) is 91.9 Å². The van der Waals surface area contributed by atoms with Crippen molar-refractivity contribution in [1.82, 2.24) is 14.7 Å². The molecule has 1 saturated carbocycles. The standard InChI is InChI=1S/C38H61N3O9/c1-27(26-48-36(45)41-19-17-32(43)25-41)10-9-11-28(2)35-29(3)14-15-33(38(4,47)18-16-31(42)24-34(44)50-35)49-37(46)40-22-20-39(21-23-40)30-12-7-5-6-8-13-30/h9-11,14-15,27,29-33,35,42-43,47H,5-8,12-13,16-26H2,1-4H3/b10-9+,15-14+,28-11+/t27-,29+,31+,32-,33+,35-,38+/m1/s1. The highest BCUT2D eigenvalue weighted by atomic mass is 16.6. The number of amides is 2. The first-order chi connectivity index (χ1) is 23.8. The maximum Gasteiger partial charge on any atom is 0.410 e. The molecule has 4 aliphatic rings. The van der Waals surface area contributed by atoms with Crippen molar-refractivity contribution in [3.63, 3.8) is 0 Å². The normalized spacial score (nSPS) is 32.8. The van der Waals surface area contributed by atoms with Gasteiger partial charge in [0.1, 0.15) is 11.7 Å². The Kier molecular flexibility index (Phi) is 15.2. The number of esters is 1. The molecule has 282 valence electrons. The molecule has 0 radical (unpaired) electrons. The number of allylic oxidation sites excluding steroid dienone is 2. The number of carbonyl (C=O) groups excluding carboxylic acids is 3. The monoisotopic (exact) mass is 703 g/mol. The fraction of sp³-hybridized carbons (Fsp3) is 0.763. The summed E-state index contributed by atoms with van der Waals surface area (Å²) >= 11 is 0. The van der Waals surface area contributed by atoms with Crippen LogP contribution in [0.2, 0.25) is 0 Å². The fourth-order valence-electron chi connectivity index (χ4n) is 7.28. The lowest BCUT2D eigenvalue weighted by molar-refractivity contribution is -0.151. The third-order valence-electron chi connectivity index (χ3n) is 10.6. The van der Waals surface area contributed by atoms with E-state index in [4.69, 9.17) is 14.2 Å². The van der Waals surface area contributed by atoms with Gasteiger partial charge in [-0.3, -0.25) is 9.69 Å². The lowest BCUT2D eigenvalue weighted by atomic mass is 9.89. The number of ether oxygens (including phenoxy) is 3. The summed E-state index contributed by atoms with van der Waals surface area (Å²) in [6, 6.07) is 0.581. The van der Waals surface area contributed by atoms with Gasteiger partial charge in [0.15, 0.2) is 6.10 Å². The number of carbonyl (C=O) groups is 3. The molecule has 1 aliphatic carbocycles. The van der Waals surface area contributed by atoms with Crippen LogP contribution >= 0.6 is 0 Å². The van der Waals surface area contributed by atoms with E-state index in [2.05, 4.69) is 4.90 Å². The van der Waals surface area contributed by atoms with Gasteiger partial charge in [-0.25, -0.2) is 9.59 Å². The van der Waals surface area contributed by atoms with Crippen LogP contribution in [0, 0.1) is 11.8 Å². The second-order valence-corrected chi connectivity index (χ2v) is 15.1. The maximum atomic E-state index is 13.4. The molecule has 7 atom stereocenters. The molecule has 4 rings (SSSR count). The van der Waals surface area contributed by atoms with E-state index in [-0.39, 0.29) is 44.2 Å². The molecule has 12 nitrogen and oxygen atoms in total. The summed E-state index contributed by atoms with van der Waals surface area (Å²) in [5, 5.41) is 31.8. The number of aliphatic hydroxyl groups excluding tert-OH is 2. The molecule has 3 fully saturated rings. The second kappa shape index (κ2) is 19.1. The predicted octanol–water partition coefficient (Wildman–Crippen LogP) is 4.57. The van der Waals surface area contributed by atoms with Crippen molar-refractivity contribution in [1.29, 1.82) is 0 Å². The van der Waals surface area contributed by atoms with Crippen molar-refractivity contribution in [3.05, 3.63) is 36.0 Å². The SMILES string of the molecule is C/C(=C\C=C\[C@@H](C)COC(=O)N1CC[C@@H](O)C1)[C@H]1OC(=O)C[C@@H](O)CC[C@](C)(O)[C@@H](OC(=O)N2CCN(C3CCCCCC3)CC2)/C=C/[C@@H]1C. The van der Waals surface area contributed by atoms with Crippen molar-refractivity contribution in [3.8, 4) is 0 Å². The predicted molar refractivity (Wildman–Crippen MR) is 189 cm³/mol. The average Bonchev–Trinajstić information content (AvgIpc) is 3.34. The molecule has 2 saturated heterocycles. The molecular weight excluding hydrogens is 642 g/mol. The Balaban J connectivity index is 1.39. The highest BCUT2D eigenvalue weighted by Crippen LogP contribution is 2.28. The highest BCUT2D eigenvalue weighted by Gasteiger charge is 2.37. The zero-order valence-corrected chi connectivity index (χ0v) is 30.6. The van der Waals surface area contributed by atoms with E-state index in [1.165, 1.54) is 43.4 Å². The smallest absolute Gasteiger partial charge is 0.410 e. The van der Waals surface area contributed by atoms with Crippen molar-refractivity contribution >= 4 is 18.2 Å². The zero-order valence-electron chi connectivity index (χ0n) is 30.6. The van der Waals surface area contributed by atoms with Crippen molar-refractivity contribution in [2.24, 2.45) is 11.8 Å². The Morgan fingerprint density at radius 3 is 2.34 bits per heavy atom. The molecule has 12 heteroatoms. The van der Waals surface area contributed by atoms with Gasteiger partial charge in [0.25, 0.3) is 0 Å². The average molecular weight is 704 g/mol. The van der Waals surface area contributed by atoms with Gasteiger partial charge in [0.2, 0.25) is 0 Å². The number of aliphatic hydroxyl groups is 3. The number of hydrogen-bond donors (Lipinski definition) is 3. The summed E-state index contributed by atoms with van der Waals surface area (Å²) in [5.41, 5.74) is -0.726. The lowest BCUT2D eigenvalue weighted by Gasteiger charge is -2.40. The van der Waals surface area contributed by atoms with Crippen LogP contribution in [0.4, 0.5) is 9.59 Å². The Bertz CT molecular complexity index is 1200. The molecule has 3 aliphatic heterocycles. The number of likely N-dealkylation sites (tertiary alicyclic amines) is 1. The van der Waals surface area contributed by atoms with Crippen LogP contribution in [0.15, 0.2) is 36.0 Å². The van der Waals surface area contributed by atoms with Crippen LogP contribution in [-0.4, -0.2) is 130 Å². The summed E-state index contributed by atoms with van der Waals surface area (Å²) < 4.78 is 17.3. The van der Waals surface area contributed by atoms with E-state index >= 15 is 0 Å². The number of hydrogen-bond acceptors (Lipinski definition) is 10. The third-order valence-corrected chi connectivity index (χ3v) is 10.6. The number of β-amino-alcohol motifs (C(OH)–C–C–N with tert-alkyl or cyclic N) is 1. The largest absolute Gasteiger partial charge is 0.457 e. The number of cyclic esters (lactones) is 1. The number of rotatable bonds is 7. The molecule has 3 heterocycles. The number of nitrogens with zero attached hydrogens (tertiary/aromatic N) is 3. The summed E-state index contributed by atoms with van der Waals surface area (Å²) in [5.74, 6) is -0.980. The van der Waals surface area contributed by atoms with Gasteiger partial charge < -0.3 is 39.3 Å². The van der Waals surface area contributed by atoms with Crippen LogP contribution in [0.5, 0.6) is 0 Å². The van der Waals surface area contributed by atoms with Gasteiger partial charge in [0, 0.05) is 57.1 Å². The summed E-state index contributed by atoms with van der Waals surface area (Å²) in [4.78, 5) is 44.3. The third kappa shape index (κ3) is 12.1. The molecule has 0 aromatic heterocycles. The van der Waals surface area contributed by atoms with Crippen LogP contribution < -0.4 is 0 Å². The van der Waals surface area contributed by atoms with Gasteiger partial charge in [-0.15, -0.1) is 0 Å². The zero-order chi connectivity index (χ0) is 36.3. The molecule has 0 spiro atoms. The van der Waals surface area contributed by atoms with Crippen LogP contribution in [0.3, 0.4) is 0 Å². The van der Waals surface area contributed by atoms with E-state index in [9.17, 15) is 29.7 Å². The maximum absolute atomic E-state index is 13.4. The van der Waals surface area contributed by atoms with Gasteiger partial charge >= 0.3 is 18.2 Å². The van der Waals surface area contributed by atoms with Gasteiger partial charge in [0.05, 0.1) is 25.2 Å². The molecule has 0 bridgehead atoms. The molecular formula is C38H61N3O9. The van der Waals surface area contributed by atoms with Crippen LogP contribution in [-0.2, 0) is 19.0 Å². The topological polar surface area (TPSA) is 149 Å². The van der Waals surface area contributed by atoms with E-state index < -0.39 is 48.2 Å². The first-order valence-corrected chi connectivity index (χ1v) is 18.7. The quantitative estimate of drug-likeness (QED) is 0.113. The van der Waals surface area contributed by atoms with E-state index in [0.717, 1.165) is 18.7 Å². The minimum absolute atomic E-state index is 0.0840. The molecule has 0 aromatic rings. The fourth-order valence-corrected chi connectivity index (χ4v) is 7.28. The molecule has 0 aromatic carbocycles. The first-order valence-electron chi connectivity index (χ1n) is 18.7. The Hall–Kier alpha value is -2.93. The first kappa shape index (κ1) is 39.8. The van der Waals surface area contributed by atoms with E-state index in [0.29, 0.717) is 32.1 Å². The Morgan fingerprint density at radius 1 is 0.980 bits per heavy atom. The van der Waals surface area contributed by atoms with Gasteiger partial charge in [-0.05, 0) is 57.6 Å². The Morgan fingerprint density at radius 2 is 1.68 bits per heavy atom. The van der Waals surface area contributed by atoms with Gasteiger partial charge in [-0.1, -0.05) is 63.8 Å². The van der Waals surface area contributed by atoms with E-state index in [1.54, 1.807) is 17.9 Å². The minimum atomic E-state index is -1.48. The molecule has 50 heavy (non-hydrogen) atoms. The minimum Gasteiger partial charge on any atom is -0.457 e. The summed E-state index contributed by atoms with van der Waals surface area (Å²) in [7, 11) is 0. The molecule has 3 N–H and O–H groups in total. The van der Waals surface area contributed by atoms with Crippen molar-refractivity contribution in [2.45, 2.75) is 128 Å². The Labute approximate surface area is 298 Å². The van der Waals surface area contributed by atoms with E-state index in [1.807, 2.05) is 45.1 Å². The highest BCUT2D eigenvalue weighted by molar-refractivity contribution is 5.70. The van der Waals surface area contributed by atoms with Crippen molar-refractivity contribution in [2.75, 3.05) is 45.9 Å². The van der Waals surface area contributed by atoms with Crippen LogP contribution in [0.25, 0.3) is 0 Å². The molecule has 0 unspecified atom stereocenters. The van der Waals surface area contributed by atoms with Crippen molar-refractivity contribution < 1.29 is 43.9 Å². The number of piperazine rings is 1.